The van der Waals surface area contributed by atoms with Crippen molar-refractivity contribution in [2.75, 3.05) is 12.3 Å². The van der Waals surface area contributed by atoms with E-state index >= 15 is 0 Å². The van der Waals surface area contributed by atoms with Gasteiger partial charge in [0, 0.05) is 24.2 Å². The Balaban J connectivity index is 1.39. The quantitative estimate of drug-likeness (QED) is 0.220. The number of amides is 1. The summed E-state index contributed by atoms with van der Waals surface area (Å²) in [6.07, 6.45) is 12.8. The van der Waals surface area contributed by atoms with Crippen LogP contribution in [-0.4, -0.2) is 32.9 Å². The molecule has 220 valence electrons. The van der Waals surface area contributed by atoms with Crippen molar-refractivity contribution in [1.29, 1.82) is 0 Å². The number of anilines is 1. The molecule has 42 heavy (non-hydrogen) atoms. The minimum absolute atomic E-state index is 0.00988. The van der Waals surface area contributed by atoms with Gasteiger partial charge in [0.25, 0.3) is 5.91 Å². The summed E-state index contributed by atoms with van der Waals surface area (Å²) in [5.74, 6) is 2.62. The molecule has 2 fully saturated rings. The molecule has 0 radical (unpaired) electrons. The van der Waals surface area contributed by atoms with Gasteiger partial charge >= 0.3 is 0 Å². The van der Waals surface area contributed by atoms with Crippen molar-refractivity contribution < 1.29 is 9.53 Å². The van der Waals surface area contributed by atoms with Gasteiger partial charge in [-0.15, -0.1) is 0 Å². The summed E-state index contributed by atoms with van der Waals surface area (Å²) in [6, 6.07) is 24.6. The molecule has 4 aromatic rings. The van der Waals surface area contributed by atoms with Gasteiger partial charge in [0.2, 0.25) is 5.95 Å². The molecule has 0 bridgehead atoms. The predicted molar refractivity (Wildman–Crippen MR) is 170 cm³/mol. The normalized spacial score (nSPS) is 17.3. The number of aromatic nitrogens is 2. The maximum atomic E-state index is 14.0. The molecule has 2 aliphatic rings. The zero-order valence-corrected chi connectivity index (χ0v) is 24.9. The van der Waals surface area contributed by atoms with Gasteiger partial charge in [0.05, 0.1) is 17.1 Å². The van der Waals surface area contributed by atoms with Crippen molar-refractivity contribution in [3.63, 3.8) is 0 Å². The summed E-state index contributed by atoms with van der Waals surface area (Å²) in [5, 5.41) is 0. The van der Waals surface area contributed by atoms with E-state index in [-0.39, 0.29) is 11.9 Å². The molecule has 6 heteroatoms. The molecule has 6 rings (SSSR count). The molecule has 1 atom stereocenters. The maximum Gasteiger partial charge on any atom is 0.254 e. The van der Waals surface area contributed by atoms with Gasteiger partial charge in [-0.05, 0) is 80.0 Å². The molecular formula is C36H44N4O2. The van der Waals surface area contributed by atoms with Crippen molar-refractivity contribution in [3.05, 3.63) is 83.9 Å². The zero-order valence-electron chi connectivity index (χ0n) is 24.9. The third-order valence-corrected chi connectivity index (χ3v) is 9.26. The Morgan fingerprint density at radius 2 is 1.64 bits per heavy atom. The number of hydrogen-bond donors (Lipinski definition) is 1. The maximum absolute atomic E-state index is 14.0. The number of ether oxygens (including phenoxy) is 1. The molecule has 0 spiro atoms. The Bertz CT molecular complexity index is 1490. The van der Waals surface area contributed by atoms with Crippen LogP contribution in [0.15, 0.2) is 72.8 Å². The Morgan fingerprint density at radius 1 is 0.905 bits per heavy atom. The minimum Gasteiger partial charge on any atom is -0.457 e. The highest BCUT2D eigenvalue weighted by Crippen LogP contribution is 2.41. The van der Waals surface area contributed by atoms with Gasteiger partial charge in [0.1, 0.15) is 11.5 Å². The fraction of sp³-hybridized carbons (Fsp3) is 0.444. The molecule has 1 aromatic heterocycles. The second-order valence-corrected chi connectivity index (χ2v) is 12.2. The number of imidazole rings is 1. The van der Waals surface area contributed by atoms with Crippen LogP contribution in [0.3, 0.4) is 0 Å². The standard InChI is InChI=1S/C36H44N4O2/c1-2-23-39(29-17-8-4-9-18-29)35(41)28-16-12-15-27(24-28)34(26-13-6-3-7-14-26)40-33-25-31(21-22-32(33)38-36(40)37)42-30-19-10-5-11-20-30/h5,10-12,15-16,19-22,24-26,29,34H,2-4,6-9,13-14,17-18,23H2,1H3,(H2,37,38). The summed E-state index contributed by atoms with van der Waals surface area (Å²) >= 11 is 0. The summed E-state index contributed by atoms with van der Waals surface area (Å²) < 4.78 is 8.41. The number of hydrogen-bond acceptors (Lipinski definition) is 4. The Morgan fingerprint density at radius 3 is 2.38 bits per heavy atom. The second-order valence-electron chi connectivity index (χ2n) is 12.2. The first-order valence-corrected chi connectivity index (χ1v) is 16.0. The largest absolute Gasteiger partial charge is 0.457 e. The van der Waals surface area contributed by atoms with E-state index < -0.39 is 0 Å². The molecule has 3 aromatic carbocycles. The SMILES string of the molecule is CCCN(C(=O)c1cccc(C(C2CCCCC2)n2c(N)nc3ccc(Oc4ccccc4)cc32)c1)C1CCCCC1. The summed E-state index contributed by atoms with van der Waals surface area (Å²) in [6.45, 7) is 2.98. The topological polar surface area (TPSA) is 73.4 Å². The lowest BCUT2D eigenvalue weighted by Gasteiger charge is -2.35. The van der Waals surface area contributed by atoms with Gasteiger partial charge in [-0.2, -0.15) is 0 Å². The van der Waals surface area contributed by atoms with E-state index in [1.807, 2.05) is 48.5 Å². The zero-order chi connectivity index (χ0) is 28.9. The average Bonchev–Trinajstić information content (AvgIpc) is 3.36. The summed E-state index contributed by atoms with van der Waals surface area (Å²) in [4.78, 5) is 21.0. The smallest absolute Gasteiger partial charge is 0.254 e. The van der Waals surface area contributed by atoms with Crippen LogP contribution in [0.1, 0.15) is 99.5 Å². The number of nitrogens with two attached hydrogens (primary N) is 1. The Labute approximate surface area is 249 Å². The highest BCUT2D eigenvalue weighted by molar-refractivity contribution is 5.94. The number of benzene rings is 3. The summed E-state index contributed by atoms with van der Waals surface area (Å²) in [7, 11) is 0. The van der Waals surface area contributed by atoms with Gasteiger partial charge in [-0.3, -0.25) is 4.79 Å². The van der Waals surface area contributed by atoms with E-state index in [1.165, 1.54) is 38.5 Å². The van der Waals surface area contributed by atoms with Crippen molar-refractivity contribution in [1.82, 2.24) is 14.5 Å². The van der Waals surface area contributed by atoms with E-state index in [9.17, 15) is 4.79 Å². The Hall–Kier alpha value is -3.80. The molecular weight excluding hydrogens is 520 g/mol. The first-order chi connectivity index (χ1) is 20.6. The molecule has 6 nitrogen and oxygen atoms in total. The molecule has 1 amide bonds. The van der Waals surface area contributed by atoms with E-state index in [2.05, 4.69) is 40.7 Å². The minimum atomic E-state index is -0.00988. The lowest BCUT2D eigenvalue weighted by atomic mass is 9.80. The van der Waals surface area contributed by atoms with Crippen LogP contribution in [0.5, 0.6) is 11.5 Å². The molecule has 2 saturated carbocycles. The van der Waals surface area contributed by atoms with Crippen LogP contribution in [0.2, 0.25) is 0 Å². The van der Waals surface area contributed by atoms with Crippen LogP contribution in [0.25, 0.3) is 11.0 Å². The summed E-state index contributed by atoms with van der Waals surface area (Å²) in [5.41, 5.74) is 10.4. The third kappa shape index (κ3) is 6.04. The molecule has 2 aliphatic carbocycles. The number of fused-ring (bicyclic) bond motifs is 1. The molecule has 0 saturated heterocycles. The fourth-order valence-electron chi connectivity index (χ4n) is 7.26. The first-order valence-electron chi connectivity index (χ1n) is 16.0. The van der Waals surface area contributed by atoms with Crippen molar-refractivity contribution >= 4 is 22.9 Å². The van der Waals surface area contributed by atoms with Gasteiger partial charge in [-0.1, -0.05) is 75.8 Å². The number of nitrogen functional groups attached to an aromatic ring is 1. The molecule has 1 heterocycles. The van der Waals surface area contributed by atoms with Gasteiger partial charge in [0.15, 0.2) is 0 Å². The molecule has 0 aliphatic heterocycles. The van der Waals surface area contributed by atoms with Crippen LogP contribution in [-0.2, 0) is 0 Å². The van der Waals surface area contributed by atoms with E-state index in [4.69, 9.17) is 15.5 Å². The van der Waals surface area contributed by atoms with Crippen molar-refractivity contribution in [2.24, 2.45) is 5.92 Å². The predicted octanol–water partition coefficient (Wildman–Crippen LogP) is 8.77. The number of rotatable bonds is 9. The van der Waals surface area contributed by atoms with E-state index in [0.717, 1.165) is 72.3 Å². The Kier molecular flexibility index (Phi) is 8.78. The van der Waals surface area contributed by atoms with Crippen molar-refractivity contribution in [2.45, 2.75) is 89.6 Å². The van der Waals surface area contributed by atoms with Gasteiger partial charge in [-0.25, -0.2) is 4.98 Å². The van der Waals surface area contributed by atoms with Gasteiger partial charge < -0.3 is 19.9 Å². The van der Waals surface area contributed by atoms with Crippen LogP contribution < -0.4 is 10.5 Å². The number of para-hydroxylation sites is 1. The molecule has 2 N–H and O–H groups in total. The fourth-order valence-corrected chi connectivity index (χ4v) is 7.26. The first kappa shape index (κ1) is 28.3. The van der Waals surface area contributed by atoms with Crippen LogP contribution >= 0.6 is 0 Å². The lowest BCUT2D eigenvalue weighted by molar-refractivity contribution is 0.0634. The van der Waals surface area contributed by atoms with Crippen molar-refractivity contribution in [3.8, 4) is 11.5 Å². The highest BCUT2D eigenvalue weighted by atomic mass is 16.5. The van der Waals surface area contributed by atoms with E-state index in [1.54, 1.807) is 0 Å². The number of carbonyl (C=O) groups is 1. The monoisotopic (exact) mass is 564 g/mol. The molecule has 1 unspecified atom stereocenters. The third-order valence-electron chi connectivity index (χ3n) is 9.26. The number of carbonyl (C=O) groups excluding carboxylic acids is 1. The average molecular weight is 565 g/mol. The number of nitrogens with zero attached hydrogens (tertiary/aromatic N) is 3. The van der Waals surface area contributed by atoms with Crippen LogP contribution in [0.4, 0.5) is 5.95 Å². The van der Waals surface area contributed by atoms with Crippen LogP contribution in [0, 0.1) is 5.92 Å². The van der Waals surface area contributed by atoms with E-state index in [0.29, 0.717) is 17.9 Å². The second kappa shape index (κ2) is 13.0. The lowest BCUT2D eigenvalue weighted by Crippen LogP contribution is -2.42. The highest BCUT2D eigenvalue weighted by Gasteiger charge is 2.31.